The Hall–Kier alpha value is -5.71. The molecule has 22 nitrogen and oxygen atoms in total. The summed E-state index contributed by atoms with van der Waals surface area (Å²) in [5, 5.41) is 41.3. The van der Waals surface area contributed by atoms with E-state index in [0.29, 0.717) is 12.1 Å². The highest BCUT2D eigenvalue weighted by Crippen LogP contribution is 2.11. The number of carbonyl (C=O) groups excluding carboxylic acids is 8. The molecule has 0 spiro atoms. The van der Waals surface area contributed by atoms with Gasteiger partial charge in [-0.15, -0.1) is 0 Å². The molecule has 1 aromatic rings. The van der Waals surface area contributed by atoms with Gasteiger partial charge in [0.15, 0.2) is 11.7 Å². The molecule has 0 bridgehead atoms. The second kappa shape index (κ2) is 29.5. The monoisotopic (exact) mass is 885 g/mol. The zero-order valence-electron chi connectivity index (χ0n) is 36.3. The average Bonchev–Trinajstić information content (AvgIpc) is 3.20. The smallest absolute Gasteiger partial charge is 0.245 e. The van der Waals surface area contributed by atoms with Gasteiger partial charge in [-0.1, -0.05) is 44.2 Å². The quantitative estimate of drug-likeness (QED) is 0.0442. The molecule has 62 heavy (non-hydrogen) atoms. The van der Waals surface area contributed by atoms with Gasteiger partial charge in [-0.3, -0.25) is 43.3 Å². The number of rotatable bonds is 16. The maximum Gasteiger partial charge on any atom is 0.245 e. The van der Waals surface area contributed by atoms with Gasteiger partial charge in [0.25, 0.3) is 0 Å². The molecule has 1 aliphatic rings. The molecule has 1 saturated heterocycles. The Kier molecular flexibility index (Phi) is 25.9. The fraction of sp³-hybridized carbons (Fsp3) is 0.625. The number of Topliss-reactive ketones (excluding diaryl/α,β-unsaturated/α-hetero) is 1. The summed E-state index contributed by atoms with van der Waals surface area (Å²) in [5.41, 5.74) is 16.4. The summed E-state index contributed by atoms with van der Waals surface area (Å²) >= 11 is 0. The van der Waals surface area contributed by atoms with Crippen molar-refractivity contribution in [2.24, 2.45) is 22.2 Å². The van der Waals surface area contributed by atoms with Crippen molar-refractivity contribution in [2.45, 2.75) is 128 Å². The van der Waals surface area contributed by atoms with Gasteiger partial charge < -0.3 is 69.9 Å². The fourth-order valence-electron chi connectivity index (χ4n) is 6.06. The number of aliphatic hydroxyl groups is 2. The summed E-state index contributed by atoms with van der Waals surface area (Å²) in [6.45, 7) is 7.98. The lowest BCUT2D eigenvalue weighted by molar-refractivity contribution is -0.136. The van der Waals surface area contributed by atoms with Crippen LogP contribution in [0, 0.1) is 0 Å². The average molecular weight is 885 g/mol. The molecule has 8 atom stereocenters. The number of hydrogen-bond acceptors (Lipinski definition) is 13. The Labute approximate surface area is 368 Å². The zero-order chi connectivity index (χ0) is 46.8. The molecular formula is C40H76N12O10. The maximum absolute atomic E-state index is 14.0. The van der Waals surface area contributed by atoms with Crippen LogP contribution in [0.1, 0.15) is 84.4 Å². The number of ketones is 1. The van der Waals surface area contributed by atoms with E-state index in [1.807, 2.05) is 13.8 Å². The molecule has 22 heteroatoms. The van der Waals surface area contributed by atoms with E-state index in [4.69, 9.17) is 17.2 Å². The summed E-state index contributed by atoms with van der Waals surface area (Å²) in [5.74, 6) is -6.46. The van der Waals surface area contributed by atoms with E-state index in [9.17, 15) is 48.6 Å². The highest BCUT2D eigenvalue weighted by Gasteiger charge is 2.34. The Morgan fingerprint density at radius 3 is 2.13 bits per heavy atom. The van der Waals surface area contributed by atoms with Crippen molar-refractivity contribution < 1.29 is 54.3 Å². The Morgan fingerprint density at radius 2 is 1.55 bits per heavy atom. The van der Waals surface area contributed by atoms with Crippen LogP contribution in [0.2, 0.25) is 0 Å². The lowest BCUT2D eigenvalue weighted by atomic mass is 10.0. The van der Waals surface area contributed by atoms with Crippen molar-refractivity contribution in [1.82, 2.24) is 42.5 Å². The van der Waals surface area contributed by atoms with Gasteiger partial charge in [0, 0.05) is 18.7 Å². The molecule has 1 heterocycles. The molecule has 1 aliphatic heterocycles. The minimum absolute atomic E-state index is 0. The Balaban J connectivity index is -0.00000267. The number of hydrogen-bond donors (Lipinski definition) is 13. The fourth-order valence-corrected chi connectivity index (χ4v) is 6.06. The largest absolute Gasteiger partial charge is 0.391 e. The standard InChI is InChI=1S/C38H61N11O10.C2H7N.4H2/c1-5-16-41-19-29(53)44-25-13-9-14-26(36(58)49-31(21(2)50)22(3)51)46-37(59)32(23(4)52)48-30(54)20-43-33(55)28(18-24-11-7-6-8-12-24)47-35(57)27(45-34(25)56)15-10-17-42-38(39)40;1-2-3;;;;/h6-8,11-12,21,23,25-28,31-32,41,50,52H,5,9-10,13-20H2,1-4H3,(H,43,55)(H,44,53)(H,45,56)(H,46,59)(H,47,57)(H,48,54)(H,49,58)(H4,39,40,42);2-3H2,1H3;4*1H. The SMILES string of the molecule is CCCNCC(=O)NC1CCCC(C(=O)NC(C(C)=O)C(C)O)NC(=O)C(C(C)O)NC(=O)CNC(=O)C(Cc2ccccc2)NC(=O)C(CCCN=C(N)N)NC1=O.CCN.[HH].[HH].[HH].[HH]. The van der Waals surface area contributed by atoms with Gasteiger partial charge in [-0.25, -0.2) is 0 Å². The summed E-state index contributed by atoms with van der Waals surface area (Å²) in [6.07, 6.45) is -2.27. The first kappa shape index (κ1) is 54.3. The number of guanidine groups is 1. The third kappa shape index (κ3) is 21.2. The maximum atomic E-state index is 14.0. The van der Waals surface area contributed by atoms with E-state index < -0.39 is 102 Å². The van der Waals surface area contributed by atoms with Crippen LogP contribution in [0.15, 0.2) is 35.3 Å². The summed E-state index contributed by atoms with van der Waals surface area (Å²) < 4.78 is 0. The third-order valence-corrected chi connectivity index (χ3v) is 9.20. The van der Waals surface area contributed by atoms with Gasteiger partial charge in [0.05, 0.1) is 25.3 Å². The van der Waals surface area contributed by atoms with E-state index in [-0.39, 0.29) is 63.3 Å². The van der Waals surface area contributed by atoms with Gasteiger partial charge in [-0.05, 0) is 77.9 Å². The van der Waals surface area contributed by atoms with Crippen LogP contribution in [0.5, 0.6) is 0 Å². The number of nitrogens with one attached hydrogen (secondary N) is 8. The molecule has 16 N–H and O–H groups in total. The van der Waals surface area contributed by atoms with Gasteiger partial charge in [-0.2, -0.15) is 0 Å². The second-order valence-corrected chi connectivity index (χ2v) is 14.8. The van der Waals surface area contributed by atoms with Crippen LogP contribution >= 0.6 is 0 Å². The van der Waals surface area contributed by atoms with Gasteiger partial charge in [0.2, 0.25) is 41.4 Å². The minimum Gasteiger partial charge on any atom is -0.391 e. The Bertz CT molecular complexity index is 1660. The lowest BCUT2D eigenvalue weighted by Gasteiger charge is -2.27. The molecule has 0 saturated carbocycles. The number of benzene rings is 1. The molecule has 0 radical (unpaired) electrons. The highest BCUT2D eigenvalue weighted by molar-refractivity contribution is 5.97. The number of carbonyl (C=O) groups is 8. The summed E-state index contributed by atoms with van der Waals surface area (Å²) in [4.78, 5) is 111. The van der Waals surface area contributed by atoms with Crippen molar-refractivity contribution in [1.29, 1.82) is 0 Å². The molecule has 356 valence electrons. The highest BCUT2D eigenvalue weighted by atomic mass is 16.3. The van der Waals surface area contributed by atoms with E-state index in [1.165, 1.54) is 13.8 Å². The lowest BCUT2D eigenvalue weighted by Crippen LogP contribution is -2.60. The topological polar surface area (TPSA) is 364 Å². The van der Waals surface area contributed by atoms with Crippen molar-refractivity contribution in [3.63, 3.8) is 0 Å². The number of aliphatic hydroxyl groups excluding tert-OH is 2. The van der Waals surface area contributed by atoms with Crippen LogP contribution in [0.3, 0.4) is 0 Å². The molecule has 7 amide bonds. The first-order valence-electron chi connectivity index (χ1n) is 20.8. The van der Waals surface area contributed by atoms with Crippen LogP contribution in [-0.2, 0) is 44.8 Å². The molecule has 2 rings (SSSR count). The number of aliphatic imine (C=N–C) groups is 1. The molecule has 0 aliphatic carbocycles. The molecule has 0 aromatic heterocycles. The predicted molar refractivity (Wildman–Crippen MR) is 239 cm³/mol. The summed E-state index contributed by atoms with van der Waals surface area (Å²) in [7, 11) is 0. The van der Waals surface area contributed by atoms with Crippen molar-refractivity contribution in [2.75, 3.05) is 32.7 Å². The normalized spacial score (nSPS) is 22.0. The van der Waals surface area contributed by atoms with Gasteiger partial charge in [0.1, 0.15) is 36.3 Å². The molecular weight excluding hydrogens is 809 g/mol. The Morgan fingerprint density at radius 1 is 0.903 bits per heavy atom. The van der Waals surface area contributed by atoms with Crippen molar-refractivity contribution in [3.8, 4) is 0 Å². The number of amides is 7. The van der Waals surface area contributed by atoms with Crippen molar-refractivity contribution >= 4 is 53.1 Å². The zero-order valence-corrected chi connectivity index (χ0v) is 36.3. The third-order valence-electron chi connectivity index (χ3n) is 9.20. The first-order valence-corrected chi connectivity index (χ1v) is 20.8. The van der Waals surface area contributed by atoms with E-state index in [0.717, 1.165) is 19.9 Å². The van der Waals surface area contributed by atoms with E-state index in [1.54, 1.807) is 30.3 Å². The van der Waals surface area contributed by atoms with E-state index >= 15 is 0 Å². The molecule has 1 aromatic carbocycles. The predicted octanol–water partition coefficient (Wildman–Crippen LogP) is -3.21. The van der Waals surface area contributed by atoms with Crippen LogP contribution in [0.4, 0.5) is 0 Å². The minimum atomic E-state index is -1.63. The van der Waals surface area contributed by atoms with Crippen LogP contribution in [0.25, 0.3) is 0 Å². The number of nitrogens with zero attached hydrogens (tertiary/aromatic N) is 1. The first-order chi connectivity index (χ1) is 29.3. The van der Waals surface area contributed by atoms with Crippen LogP contribution < -0.4 is 59.7 Å². The molecule has 1 fully saturated rings. The summed E-state index contributed by atoms with van der Waals surface area (Å²) in [6, 6.07) is 0.419. The van der Waals surface area contributed by atoms with Crippen molar-refractivity contribution in [3.05, 3.63) is 35.9 Å². The van der Waals surface area contributed by atoms with Gasteiger partial charge >= 0.3 is 0 Å². The molecule has 8 unspecified atom stereocenters. The number of nitrogens with two attached hydrogens (primary N) is 3. The van der Waals surface area contributed by atoms with E-state index in [2.05, 4.69) is 47.5 Å². The van der Waals surface area contributed by atoms with Crippen LogP contribution in [-0.4, -0.2) is 144 Å². The second-order valence-electron chi connectivity index (χ2n) is 14.8.